The number of alkyl halides is 3. The van der Waals surface area contributed by atoms with Crippen LogP contribution in [0.3, 0.4) is 0 Å². The molecule has 0 radical (unpaired) electrons. The van der Waals surface area contributed by atoms with E-state index >= 15 is 0 Å². The second-order valence-corrected chi connectivity index (χ2v) is 12.2. The lowest BCUT2D eigenvalue weighted by molar-refractivity contribution is -0.136. The van der Waals surface area contributed by atoms with E-state index in [4.69, 9.17) is 4.74 Å². The Labute approximate surface area is 218 Å². The molecule has 1 aromatic heterocycles. The Bertz CT molecular complexity index is 1380. The van der Waals surface area contributed by atoms with Crippen LogP contribution in [0, 0.1) is 5.92 Å². The van der Waals surface area contributed by atoms with Crippen LogP contribution in [-0.2, 0) is 34.9 Å². The summed E-state index contributed by atoms with van der Waals surface area (Å²) in [7, 11) is -3.85. The number of rotatable bonds is 9. The molecule has 5 rings (SSSR count). The lowest BCUT2D eigenvalue weighted by atomic mass is 9.82. The molecule has 1 aromatic carbocycles. The number of benzene rings is 1. The molecule has 1 saturated carbocycles. The Morgan fingerprint density at radius 1 is 1.32 bits per heavy atom. The van der Waals surface area contributed by atoms with Crippen molar-refractivity contribution in [3.63, 3.8) is 0 Å². The van der Waals surface area contributed by atoms with Gasteiger partial charge in [0.2, 0.25) is 10.0 Å². The first kappa shape index (κ1) is 26.5. The number of halogens is 3. The van der Waals surface area contributed by atoms with Crippen LogP contribution in [0.2, 0.25) is 0 Å². The standard InChI is InChI=1S/C25H29F3N4O5S/c1-38(35,36)31-23(34)21-20-19(30-32(21)11-8-15-3-4-15)14-24(29-22(20)33)10-7-16-13-17(5-6-18(16)24)37-12-2-9-25(26,27)28/h5-6,13,15H,2-4,7-12,14H2,1H3,(H,29,33)(H,31,34)/t24-/m0/s1. The molecule has 3 aliphatic rings. The fourth-order valence-corrected chi connectivity index (χ4v) is 5.83. The van der Waals surface area contributed by atoms with E-state index in [9.17, 15) is 31.2 Å². The van der Waals surface area contributed by atoms with Crippen LogP contribution in [0.25, 0.3) is 0 Å². The second kappa shape index (κ2) is 9.58. The number of carbonyl (C=O) groups is 2. The average Bonchev–Trinajstić information content (AvgIpc) is 3.48. The lowest BCUT2D eigenvalue weighted by Crippen LogP contribution is -2.50. The first-order valence-corrected chi connectivity index (χ1v) is 14.5. The quantitative estimate of drug-likeness (QED) is 0.460. The SMILES string of the molecule is CS(=O)(=O)NC(=O)c1c2c(nn1CCC1CC1)C[C@]1(CCc3cc(OCCCC(F)(F)F)ccc31)NC2=O. The Balaban J connectivity index is 1.39. The summed E-state index contributed by atoms with van der Waals surface area (Å²) < 4.78 is 69.6. The van der Waals surface area contributed by atoms with Gasteiger partial charge < -0.3 is 10.1 Å². The summed E-state index contributed by atoms with van der Waals surface area (Å²) in [6, 6.07) is 5.28. The number of sulfonamides is 1. The van der Waals surface area contributed by atoms with Crippen molar-refractivity contribution in [1.29, 1.82) is 0 Å². The molecule has 0 saturated heterocycles. The molecule has 0 unspecified atom stereocenters. The van der Waals surface area contributed by atoms with Gasteiger partial charge in [-0.2, -0.15) is 18.3 Å². The number of aromatic nitrogens is 2. The third-order valence-corrected chi connectivity index (χ3v) is 7.86. The van der Waals surface area contributed by atoms with E-state index in [1.165, 1.54) is 4.68 Å². The molecule has 1 spiro atoms. The molecule has 2 heterocycles. The topological polar surface area (TPSA) is 119 Å². The van der Waals surface area contributed by atoms with E-state index < -0.39 is 40.0 Å². The monoisotopic (exact) mass is 554 g/mol. The Morgan fingerprint density at radius 2 is 2.08 bits per heavy atom. The van der Waals surface area contributed by atoms with Gasteiger partial charge in [0.1, 0.15) is 11.4 Å². The second-order valence-electron chi connectivity index (χ2n) is 10.4. The van der Waals surface area contributed by atoms with Gasteiger partial charge in [0, 0.05) is 19.4 Å². The summed E-state index contributed by atoms with van der Waals surface area (Å²) in [5, 5.41) is 7.67. The number of ether oxygens (including phenoxy) is 1. The fourth-order valence-electron chi connectivity index (χ4n) is 5.40. The molecule has 1 aliphatic heterocycles. The van der Waals surface area contributed by atoms with Crippen LogP contribution < -0.4 is 14.8 Å². The van der Waals surface area contributed by atoms with E-state index in [0.717, 1.165) is 36.6 Å². The largest absolute Gasteiger partial charge is 0.494 e. The van der Waals surface area contributed by atoms with Gasteiger partial charge in [-0.3, -0.25) is 14.3 Å². The fraction of sp³-hybridized carbons (Fsp3) is 0.560. The maximum absolute atomic E-state index is 13.4. The van der Waals surface area contributed by atoms with Crippen molar-refractivity contribution in [3.8, 4) is 5.75 Å². The number of hydrogen-bond acceptors (Lipinski definition) is 6. The van der Waals surface area contributed by atoms with Crippen LogP contribution in [-0.4, -0.2) is 49.1 Å². The summed E-state index contributed by atoms with van der Waals surface area (Å²) in [6.07, 6.45) is 0.0985. The highest BCUT2D eigenvalue weighted by atomic mass is 32.2. The summed E-state index contributed by atoms with van der Waals surface area (Å²) in [4.78, 5) is 26.3. The highest BCUT2D eigenvalue weighted by molar-refractivity contribution is 7.89. The van der Waals surface area contributed by atoms with Crippen LogP contribution in [0.1, 0.15) is 76.2 Å². The first-order valence-electron chi connectivity index (χ1n) is 12.6. The first-order chi connectivity index (χ1) is 17.8. The third-order valence-electron chi connectivity index (χ3n) is 7.30. The van der Waals surface area contributed by atoms with Gasteiger partial charge in [0.25, 0.3) is 11.8 Å². The Morgan fingerprint density at radius 3 is 2.76 bits per heavy atom. The Hall–Kier alpha value is -3.09. The predicted octanol–water partition coefficient (Wildman–Crippen LogP) is 3.22. The van der Waals surface area contributed by atoms with Gasteiger partial charge in [-0.15, -0.1) is 0 Å². The van der Waals surface area contributed by atoms with Gasteiger partial charge in [0.05, 0.1) is 29.7 Å². The van der Waals surface area contributed by atoms with Crippen molar-refractivity contribution in [2.75, 3.05) is 12.9 Å². The van der Waals surface area contributed by atoms with E-state index in [2.05, 4.69) is 10.4 Å². The van der Waals surface area contributed by atoms with Gasteiger partial charge in [-0.25, -0.2) is 13.1 Å². The summed E-state index contributed by atoms with van der Waals surface area (Å²) >= 11 is 0. The molecular formula is C25H29F3N4O5S. The van der Waals surface area contributed by atoms with Crippen molar-refractivity contribution in [3.05, 3.63) is 46.3 Å². The average molecular weight is 555 g/mol. The number of nitrogens with one attached hydrogen (secondary N) is 2. The van der Waals surface area contributed by atoms with Gasteiger partial charge >= 0.3 is 6.18 Å². The minimum atomic E-state index is -4.22. The number of amides is 2. The van der Waals surface area contributed by atoms with E-state index in [1.54, 1.807) is 12.1 Å². The van der Waals surface area contributed by atoms with Crippen molar-refractivity contribution in [1.82, 2.24) is 19.8 Å². The van der Waals surface area contributed by atoms with Crippen molar-refractivity contribution in [2.24, 2.45) is 5.92 Å². The third kappa shape index (κ3) is 5.67. The zero-order chi connectivity index (χ0) is 27.3. The van der Waals surface area contributed by atoms with Crippen molar-refractivity contribution >= 4 is 21.8 Å². The van der Waals surface area contributed by atoms with Crippen LogP contribution in [0.4, 0.5) is 13.2 Å². The molecule has 1 fully saturated rings. The van der Waals surface area contributed by atoms with Gasteiger partial charge in [0.15, 0.2) is 0 Å². The van der Waals surface area contributed by atoms with Crippen molar-refractivity contribution < 1.29 is 35.9 Å². The van der Waals surface area contributed by atoms with E-state index in [1.807, 2.05) is 10.8 Å². The Kier molecular flexibility index (Phi) is 6.69. The molecule has 2 N–H and O–H groups in total. The number of hydrogen-bond donors (Lipinski definition) is 2. The molecule has 2 aromatic rings. The van der Waals surface area contributed by atoms with E-state index in [0.29, 0.717) is 43.2 Å². The number of fused-ring (bicyclic) bond motifs is 3. The molecule has 2 aliphatic carbocycles. The molecule has 0 bridgehead atoms. The molecule has 1 atom stereocenters. The molecule has 38 heavy (non-hydrogen) atoms. The van der Waals surface area contributed by atoms with Gasteiger partial charge in [-0.05, 0) is 54.9 Å². The predicted molar refractivity (Wildman–Crippen MR) is 130 cm³/mol. The number of carbonyl (C=O) groups excluding carboxylic acids is 2. The lowest BCUT2D eigenvalue weighted by Gasteiger charge is -2.35. The molecule has 206 valence electrons. The summed E-state index contributed by atoms with van der Waals surface area (Å²) in [5.74, 6) is -0.381. The minimum Gasteiger partial charge on any atom is -0.494 e. The van der Waals surface area contributed by atoms with Crippen LogP contribution in [0.15, 0.2) is 18.2 Å². The summed E-state index contributed by atoms with van der Waals surface area (Å²) in [5.41, 5.74) is 1.50. The molecular weight excluding hydrogens is 525 g/mol. The maximum Gasteiger partial charge on any atom is 0.389 e. The van der Waals surface area contributed by atoms with Gasteiger partial charge in [-0.1, -0.05) is 18.9 Å². The normalized spacial score (nSPS) is 20.7. The highest BCUT2D eigenvalue weighted by Crippen LogP contribution is 2.44. The molecule has 9 nitrogen and oxygen atoms in total. The zero-order valence-electron chi connectivity index (χ0n) is 20.9. The summed E-state index contributed by atoms with van der Waals surface area (Å²) in [6.45, 7) is 0.343. The van der Waals surface area contributed by atoms with Crippen LogP contribution >= 0.6 is 0 Å². The number of aryl methyl sites for hydroxylation is 2. The highest BCUT2D eigenvalue weighted by Gasteiger charge is 2.47. The van der Waals surface area contributed by atoms with Crippen LogP contribution in [0.5, 0.6) is 5.75 Å². The maximum atomic E-state index is 13.4. The number of nitrogens with zero attached hydrogens (tertiary/aromatic N) is 2. The molecule has 13 heteroatoms. The van der Waals surface area contributed by atoms with E-state index in [-0.39, 0.29) is 24.3 Å². The smallest absolute Gasteiger partial charge is 0.389 e. The molecule has 2 amide bonds. The zero-order valence-corrected chi connectivity index (χ0v) is 21.7. The van der Waals surface area contributed by atoms with Crippen molar-refractivity contribution in [2.45, 2.75) is 69.6 Å². The minimum absolute atomic E-state index is 0.0554.